The zero-order valence-corrected chi connectivity index (χ0v) is 16.8. The third-order valence-corrected chi connectivity index (χ3v) is 5.63. The van der Waals surface area contributed by atoms with E-state index in [-0.39, 0.29) is 23.5 Å². The predicted octanol–water partition coefficient (Wildman–Crippen LogP) is 4.73. The molecule has 1 unspecified atom stereocenters. The first-order chi connectivity index (χ1) is 14.9. The number of carbonyl (C=O) groups excluding carboxylic acids is 3. The summed E-state index contributed by atoms with van der Waals surface area (Å²) in [5.74, 6) is -2.54. The molecule has 3 amide bonds. The molecule has 0 aliphatic carbocycles. The first-order valence-electron chi connectivity index (χ1n) is 8.99. The van der Waals surface area contributed by atoms with Crippen LogP contribution in [0.25, 0.3) is 0 Å². The van der Waals surface area contributed by atoms with Crippen LogP contribution in [0.1, 0.15) is 17.5 Å². The molecule has 5 nitrogen and oxygen atoms in total. The topological polar surface area (TPSA) is 66.5 Å². The van der Waals surface area contributed by atoms with Crippen molar-refractivity contribution in [1.29, 1.82) is 0 Å². The van der Waals surface area contributed by atoms with Crippen molar-refractivity contribution in [3.63, 3.8) is 0 Å². The van der Waals surface area contributed by atoms with Gasteiger partial charge in [-0.25, -0.2) is 4.90 Å². The molecule has 1 atom stereocenters. The van der Waals surface area contributed by atoms with Crippen LogP contribution in [0.15, 0.2) is 48.5 Å². The van der Waals surface area contributed by atoms with E-state index in [4.69, 9.17) is 0 Å². The van der Waals surface area contributed by atoms with Crippen molar-refractivity contribution < 1.29 is 40.7 Å². The zero-order chi connectivity index (χ0) is 23.7. The molecule has 0 spiro atoms. The van der Waals surface area contributed by atoms with Gasteiger partial charge in [-0.1, -0.05) is 12.1 Å². The molecule has 0 aromatic heterocycles. The Morgan fingerprint density at radius 2 is 1.56 bits per heavy atom. The lowest BCUT2D eigenvalue weighted by Crippen LogP contribution is -2.31. The summed E-state index contributed by atoms with van der Waals surface area (Å²) in [5, 5.41) is 1.27. The Kier molecular flexibility index (Phi) is 6.54. The number of thioether (sulfide) groups is 1. The molecule has 2 aromatic carbocycles. The minimum Gasteiger partial charge on any atom is -0.325 e. The van der Waals surface area contributed by atoms with Crippen molar-refractivity contribution in [2.45, 2.75) is 24.0 Å². The van der Waals surface area contributed by atoms with Gasteiger partial charge in [-0.05, 0) is 36.4 Å². The fourth-order valence-electron chi connectivity index (χ4n) is 2.97. The van der Waals surface area contributed by atoms with Crippen molar-refractivity contribution in [3.05, 3.63) is 59.7 Å². The number of alkyl halides is 6. The normalized spacial score (nSPS) is 17.1. The van der Waals surface area contributed by atoms with E-state index in [1.807, 2.05) is 0 Å². The van der Waals surface area contributed by atoms with Gasteiger partial charge in [0.25, 0.3) is 0 Å². The second kappa shape index (κ2) is 8.85. The minimum atomic E-state index is -4.66. The maximum absolute atomic E-state index is 12.9. The molecule has 32 heavy (non-hydrogen) atoms. The van der Waals surface area contributed by atoms with Crippen molar-refractivity contribution in [2.75, 3.05) is 16.0 Å². The van der Waals surface area contributed by atoms with Gasteiger partial charge in [-0.2, -0.15) is 26.3 Å². The van der Waals surface area contributed by atoms with E-state index in [9.17, 15) is 40.7 Å². The number of nitrogens with zero attached hydrogens (tertiary/aromatic N) is 1. The molecule has 1 aliphatic heterocycles. The highest BCUT2D eigenvalue weighted by atomic mass is 32.2. The molecule has 1 fully saturated rings. The van der Waals surface area contributed by atoms with E-state index in [0.717, 1.165) is 42.1 Å². The van der Waals surface area contributed by atoms with Crippen molar-refractivity contribution >= 4 is 40.9 Å². The lowest BCUT2D eigenvalue weighted by molar-refractivity contribution is -0.138. The van der Waals surface area contributed by atoms with Crippen LogP contribution in [-0.4, -0.2) is 28.7 Å². The summed E-state index contributed by atoms with van der Waals surface area (Å²) in [4.78, 5) is 37.5. The van der Waals surface area contributed by atoms with Crippen molar-refractivity contribution in [1.82, 2.24) is 0 Å². The van der Waals surface area contributed by atoms with Crippen molar-refractivity contribution in [2.24, 2.45) is 0 Å². The fourth-order valence-corrected chi connectivity index (χ4v) is 3.91. The molecule has 0 bridgehead atoms. The minimum absolute atomic E-state index is 0.0927. The second-order valence-corrected chi connectivity index (χ2v) is 7.94. The third-order valence-electron chi connectivity index (χ3n) is 4.43. The SMILES string of the molecule is O=C(CSC1CC(=O)N(c2cccc(C(F)(F)F)c2)C1=O)Nc1cccc(C(F)(F)F)c1. The highest BCUT2D eigenvalue weighted by Gasteiger charge is 2.41. The van der Waals surface area contributed by atoms with Crippen LogP contribution < -0.4 is 10.2 Å². The maximum atomic E-state index is 12.9. The first-order valence-corrected chi connectivity index (χ1v) is 10.0. The Labute approximate surface area is 181 Å². The molecule has 3 rings (SSSR count). The number of imide groups is 1. The molecule has 2 aromatic rings. The highest BCUT2D eigenvalue weighted by Crippen LogP contribution is 2.35. The molecule has 1 saturated heterocycles. The molecule has 1 heterocycles. The summed E-state index contributed by atoms with van der Waals surface area (Å²) in [7, 11) is 0. The third kappa shape index (κ3) is 5.42. The second-order valence-electron chi connectivity index (χ2n) is 6.75. The van der Waals surface area contributed by atoms with Crippen LogP contribution in [0.5, 0.6) is 0 Å². The van der Waals surface area contributed by atoms with Gasteiger partial charge >= 0.3 is 12.4 Å². The van der Waals surface area contributed by atoms with Gasteiger partial charge in [0, 0.05) is 12.1 Å². The quantitative estimate of drug-likeness (QED) is 0.501. The number of halogens is 6. The number of nitrogens with one attached hydrogen (secondary N) is 1. The van der Waals surface area contributed by atoms with E-state index in [1.165, 1.54) is 12.1 Å². The summed E-state index contributed by atoms with van der Waals surface area (Å²) in [6.45, 7) is 0. The van der Waals surface area contributed by atoms with Crippen LogP contribution >= 0.6 is 11.8 Å². The van der Waals surface area contributed by atoms with Crippen LogP contribution in [0, 0.1) is 0 Å². The first kappa shape index (κ1) is 23.6. The Balaban J connectivity index is 1.63. The Morgan fingerprint density at radius 1 is 0.969 bits per heavy atom. The Morgan fingerprint density at radius 3 is 2.19 bits per heavy atom. The van der Waals surface area contributed by atoms with E-state index in [2.05, 4.69) is 5.32 Å². The lowest BCUT2D eigenvalue weighted by Gasteiger charge is -2.17. The number of benzene rings is 2. The standard InChI is InChI=1S/C20H14F6N2O3S/c21-19(22,23)11-3-1-5-13(7-11)27-16(29)10-32-15-9-17(30)28(18(15)31)14-6-2-4-12(8-14)20(24,25)26/h1-8,15H,9-10H2,(H,27,29). The number of carbonyl (C=O) groups is 3. The number of hydrogen-bond donors (Lipinski definition) is 1. The van der Waals surface area contributed by atoms with Gasteiger partial charge in [-0.15, -0.1) is 11.8 Å². The fraction of sp³-hybridized carbons (Fsp3) is 0.250. The number of rotatable bonds is 5. The molecular formula is C20H14F6N2O3S. The van der Waals surface area contributed by atoms with Gasteiger partial charge in [0.1, 0.15) is 0 Å². The van der Waals surface area contributed by atoms with Crippen molar-refractivity contribution in [3.8, 4) is 0 Å². The van der Waals surface area contributed by atoms with Gasteiger partial charge in [-0.3, -0.25) is 14.4 Å². The summed E-state index contributed by atoms with van der Waals surface area (Å²) >= 11 is 0.773. The molecular weight excluding hydrogens is 462 g/mol. The smallest absolute Gasteiger partial charge is 0.325 e. The summed E-state index contributed by atoms with van der Waals surface area (Å²) in [6, 6.07) is 7.73. The zero-order valence-electron chi connectivity index (χ0n) is 16.0. The van der Waals surface area contributed by atoms with E-state index in [1.54, 1.807) is 0 Å². The molecule has 1 aliphatic rings. The average molecular weight is 476 g/mol. The number of amides is 3. The number of anilines is 2. The number of hydrogen-bond acceptors (Lipinski definition) is 4. The molecule has 0 radical (unpaired) electrons. The highest BCUT2D eigenvalue weighted by molar-refractivity contribution is 8.01. The summed E-state index contributed by atoms with van der Waals surface area (Å²) in [5.41, 5.74) is -2.29. The van der Waals surface area contributed by atoms with Crippen LogP contribution in [0.3, 0.4) is 0 Å². The van der Waals surface area contributed by atoms with E-state index in [0.29, 0.717) is 11.0 Å². The van der Waals surface area contributed by atoms with Gasteiger partial charge in [0.15, 0.2) is 0 Å². The van der Waals surface area contributed by atoms with Crippen LogP contribution in [0.2, 0.25) is 0 Å². The monoisotopic (exact) mass is 476 g/mol. The van der Waals surface area contributed by atoms with E-state index >= 15 is 0 Å². The van der Waals surface area contributed by atoms with Gasteiger partial charge in [0.2, 0.25) is 17.7 Å². The van der Waals surface area contributed by atoms with Crippen LogP contribution in [0.4, 0.5) is 37.7 Å². The average Bonchev–Trinajstić information content (AvgIpc) is 2.98. The Hall–Kier alpha value is -3.02. The maximum Gasteiger partial charge on any atom is 0.416 e. The molecule has 170 valence electrons. The Bertz CT molecular complexity index is 1050. The predicted molar refractivity (Wildman–Crippen MR) is 105 cm³/mol. The molecule has 1 N–H and O–H groups in total. The largest absolute Gasteiger partial charge is 0.416 e. The lowest BCUT2D eigenvalue weighted by atomic mass is 10.2. The van der Waals surface area contributed by atoms with Gasteiger partial charge < -0.3 is 5.32 Å². The van der Waals surface area contributed by atoms with Crippen LogP contribution in [-0.2, 0) is 26.7 Å². The summed E-state index contributed by atoms with van der Waals surface area (Å²) < 4.78 is 77.0. The molecule has 0 saturated carbocycles. The van der Waals surface area contributed by atoms with Gasteiger partial charge in [0.05, 0.1) is 27.8 Å². The van der Waals surface area contributed by atoms with E-state index < -0.39 is 46.5 Å². The molecule has 12 heteroatoms. The summed E-state index contributed by atoms with van der Waals surface area (Å²) in [6.07, 6.45) is -9.56.